The van der Waals surface area contributed by atoms with E-state index < -0.39 is 0 Å². The quantitative estimate of drug-likeness (QED) is 0.778. The molecular weight excluding hydrogens is 340 g/mol. The summed E-state index contributed by atoms with van der Waals surface area (Å²) in [4.78, 5) is 4.32. The van der Waals surface area contributed by atoms with E-state index in [4.69, 9.17) is 21.1 Å². The van der Waals surface area contributed by atoms with Crippen LogP contribution in [0.25, 0.3) is 10.9 Å². The zero-order chi connectivity index (χ0) is 11.7. The first-order valence-electron chi connectivity index (χ1n) is 4.53. The van der Waals surface area contributed by atoms with Crippen molar-refractivity contribution in [2.24, 2.45) is 0 Å². The van der Waals surface area contributed by atoms with Crippen LogP contribution >= 0.6 is 34.2 Å². The third kappa shape index (κ3) is 1.91. The van der Waals surface area contributed by atoms with Gasteiger partial charge in [-0.25, -0.2) is 0 Å². The molecule has 0 bridgehead atoms. The summed E-state index contributed by atoms with van der Waals surface area (Å²) in [6.45, 7) is 0. The number of hydrogen-bond acceptors (Lipinski definition) is 3. The maximum Gasteiger partial charge on any atom is 0.148 e. The van der Waals surface area contributed by atoms with E-state index in [1.807, 2.05) is 6.07 Å². The van der Waals surface area contributed by atoms with Crippen LogP contribution in [0.1, 0.15) is 0 Å². The standard InChI is InChI=1S/C11H9ClINO2/c1-15-6-3-7-10(12)8(13)5-14-11(7)9(4-6)16-2/h3-5H,1-2H3. The highest BCUT2D eigenvalue weighted by atomic mass is 127. The fourth-order valence-electron chi connectivity index (χ4n) is 1.46. The Hall–Kier alpha value is -0.750. The van der Waals surface area contributed by atoms with Crippen LogP contribution in [0.5, 0.6) is 11.5 Å². The van der Waals surface area contributed by atoms with Gasteiger partial charge in [0.1, 0.15) is 17.0 Å². The molecule has 0 saturated heterocycles. The highest BCUT2D eigenvalue weighted by Gasteiger charge is 2.11. The van der Waals surface area contributed by atoms with Crippen LogP contribution in [0.15, 0.2) is 18.3 Å². The summed E-state index contributed by atoms with van der Waals surface area (Å²) in [6, 6.07) is 3.65. The molecule has 0 aliphatic rings. The Labute approximate surface area is 112 Å². The number of rotatable bonds is 2. The molecule has 1 heterocycles. The van der Waals surface area contributed by atoms with Gasteiger partial charge in [-0.05, 0) is 28.7 Å². The Morgan fingerprint density at radius 2 is 2.00 bits per heavy atom. The molecule has 84 valence electrons. The molecule has 0 spiro atoms. The van der Waals surface area contributed by atoms with Crippen LogP contribution in [-0.4, -0.2) is 19.2 Å². The SMILES string of the molecule is COc1cc(OC)c2ncc(I)c(Cl)c2c1. The zero-order valence-electron chi connectivity index (χ0n) is 8.75. The molecule has 0 atom stereocenters. The summed E-state index contributed by atoms with van der Waals surface area (Å²) >= 11 is 8.37. The highest BCUT2D eigenvalue weighted by molar-refractivity contribution is 14.1. The number of pyridine rings is 1. The minimum Gasteiger partial charge on any atom is -0.497 e. The van der Waals surface area contributed by atoms with Crippen molar-refractivity contribution in [1.29, 1.82) is 0 Å². The van der Waals surface area contributed by atoms with E-state index in [0.29, 0.717) is 16.5 Å². The first kappa shape index (κ1) is 11.7. The van der Waals surface area contributed by atoms with Crippen LogP contribution in [0.3, 0.4) is 0 Å². The number of halogens is 2. The maximum atomic E-state index is 6.23. The molecule has 0 unspecified atom stereocenters. The number of hydrogen-bond donors (Lipinski definition) is 0. The smallest absolute Gasteiger partial charge is 0.148 e. The third-order valence-corrected chi connectivity index (χ3v) is 3.80. The Bertz CT molecular complexity index is 545. The van der Waals surface area contributed by atoms with Crippen molar-refractivity contribution >= 4 is 45.1 Å². The fourth-order valence-corrected chi connectivity index (χ4v) is 2.09. The van der Waals surface area contributed by atoms with Gasteiger partial charge in [-0.1, -0.05) is 11.6 Å². The minimum atomic E-state index is 0.660. The van der Waals surface area contributed by atoms with Gasteiger partial charge in [-0.3, -0.25) is 4.98 Å². The van der Waals surface area contributed by atoms with Crippen LogP contribution < -0.4 is 9.47 Å². The van der Waals surface area contributed by atoms with Crippen molar-refractivity contribution < 1.29 is 9.47 Å². The van der Waals surface area contributed by atoms with E-state index >= 15 is 0 Å². The molecule has 0 amide bonds. The van der Waals surface area contributed by atoms with Gasteiger partial charge in [-0.15, -0.1) is 0 Å². The molecule has 2 aromatic rings. The van der Waals surface area contributed by atoms with E-state index in [1.165, 1.54) is 0 Å². The molecule has 1 aromatic carbocycles. The Balaban J connectivity index is 2.84. The van der Waals surface area contributed by atoms with Crippen molar-refractivity contribution in [3.63, 3.8) is 0 Å². The number of nitrogens with zero attached hydrogens (tertiary/aromatic N) is 1. The predicted molar refractivity (Wildman–Crippen MR) is 72.6 cm³/mol. The normalized spacial score (nSPS) is 10.5. The second-order valence-electron chi connectivity index (χ2n) is 3.15. The molecule has 0 N–H and O–H groups in total. The van der Waals surface area contributed by atoms with Crippen molar-refractivity contribution in [3.8, 4) is 11.5 Å². The van der Waals surface area contributed by atoms with Gasteiger partial charge in [-0.2, -0.15) is 0 Å². The predicted octanol–water partition coefficient (Wildman–Crippen LogP) is 3.51. The summed E-state index contributed by atoms with van der Waals surface area (Å²) in [5.74, 6) is 1.36. The first-order chi connectivity index (χ1) is 7.67. The summed E-state index contributed by atoms with van der Waals surface area (Å²) < 4.78 is 11.4. The number of benzene rings is 1. The average molecular weight is 350 g/mol. The van der Waals surface area contributed by atoms with Crippen LogP contribution in [0.4, 0.5) is 0 Å². The number of methoxy groups -OCH3 is 2. The van der Waals surface area contributed by atoms with Crippen LogP contribution in [0.2, 0.25) is 5.02 Å². The lowest BCUT2D eigenvalue weighted by atomic mass is 10.2. The Kier molecular flexibility index (Phi) is 3.39. The second kappa shape index (κ2) is 4.63. The van der Waals surface area contributed by atoms with Crippen molar-refractivity contribution in [2.45, 2.75) is 0 Å². The lowest BCUT2D eigenvalue weighted by Crippen LogP contribution is -1.92. The molecule has 0 aliphatic heterocycles. The summed E-state index contributed by atoms with van der Waals surface area (Å²) in [5.41, 5.74) is 0.744. The van der Waals surface area contributed by atoms with Gasteiger partial charge in [0.25, 0.3) is 0 Å². The van der Waals surface area contributed by atoms with Gasteiger partial charge < -0.3 is 9.47 Å². The number of ether oxygens (including phenoxy) is 2. The lowest BCUT2D eigenvalue weighted by Gasteiger charge is -2.09. The molecule has 2 rings (SSSR count). The summed E-state index contributed by atoms with van der Waals surface area (Å²) in [5, 5.41) is 1.51. The largest absolute Gasteiger partial charge is 0.497 e. The second-order valence-corrected chi connectivity index (χ2v) is 4.69. The molecule has 0 radical (unpaired) electrons. The monoisotopic (exact) mass is 349 g/mol. The van der Waals surface area contributed by atoms with Crippen molar-refractivity contribution in [1.82, 2.24) is 4.98 Å². The molecule has 0 aliphatic carbocycles. The molecular formula is C11H9ClINO2. The van der Waals surface area contributed by atoms with E-state index in [9.17, 15) is 0 Å². The Morgan fingerprint density at radius 3 is 2.62 bits per heavy atom. The fraction of sp³-hybridized carbons (Fsp3) is 0.182. The number of aromatic nitrogens is 1. The lowest BCUT2D eigenvalue weighted by molar-refractivity contribution is 0.397. The molecule has 0 saturated carbocycles. The molecule has 5 heteroatoms. The van der Waals surface area contributed by atoms with E-state index in [0.717, 1.165) is 14.5 Å². The summed E-state index contributed by atoms with van der Waals surface area (Å²) in [7, 11) is 3.21. The van der Waals surface area contributed by atoms with Crippen molar-refractivity contribution in [3.05, 3.63) is 26.9 Å². The Morgan fingerprint density at radius 1 is 1.25 bits per heavy atom. The van der Waals surface area contributed by atoms with Gasteiger partial charge >= 0.3 is 0 Å². The molecule has 3 nitrogen and oxygen atoms in total. The van der Waals surface area contributed by atoms with E-state index in [1.54, 1.807) is 26.5 Å². The maximum absolute atomic E-state index is 6.23. The molecule has 16 heavy (non-hydrogen) atoms. The number of fused-ring (bicyclic) bond motifs is 1. The van der Waals surface area contributed by atoms with E-state index in [2.05, 4.69) is 27.6 Å². The van der Waals surface area contributed by atoms with Gasteiger partial charge in [0.15, 0.2) is 0 Å². The first-order valence-corrected chi connectivity index (χ1v) is 5.98. The van der Waals surface area contributed by atoms with Crippen molar-refractivity contribution in [2.75, 3.05) is 14.2 Å². The summed E-state index contributed by atoms with van der Waals surface area (Å²) in [6.07, 6.45) is 1.72. The molecule has 0 fully saturated rings. The van der Waals surface area contributed by atoms with Gasteiger partial charge in [0.05, 0.1) is 22.8 Å². The zero-order valence-corrected chi connectivity index (χ0v) is 11.7. The van der Waals surface area contributed by atoms with Crippen LogP contribution in [0, 0.1) is 3.57 Å². The van der Waals surface area contributed by atoms with E-state index in [-0.39, 0.29) is 0 Å². The topological polar surface area (TPSA) is 31.4 Å². The van der Waals surface area contributed by atoms with Crippen LogP contribution in [-0.2, 0) is 0 Å². The van der Waals surface area contributed by atoms with Gasteiger partial charge in [0, 0.05) is 17.6 Å². The minimum absolute atomic E-state index is 0.660. The molecule has 1 aromatic heterocycles. The third-order valence-electron chi connectivity index (χ3n) is 2.26. The average Bonchev–Trinajstić information content (AvgIpc) is 2.32. The highest BCUT2D eigenvalue weighted by Crippen LogP contribution is 2.35. The van der Waals surface area contributed by atoms with Gasteiger partial charge in [0.2, 0.25) is 0 Å².